The van der Waals surface area contributed by atoms with E-state index in [1.165, 1.54) is 12.1 Å². The van der Waals surface area contributed by atoms with Gasteiger partial charge in [0.1, 0.15) is 5.82 Å². The number of carbonyl (C=O) groups is 1. The Labute approximate surface area is 108 Å². The van der Waals surface area contributed by atoms with Crippen LogP contribution in [0, 0.1) is 5.82 Å². The highest BCUT2D eigenvalue weighted by atomic mass is 19.1. The largest absolute Gasteiger partial charge is 0.336 e. The number of hydrogen-bond acceptors (Lipinski definition) is 1. The Bertz CT molecular complexity index is 389. The minimum atomic E-state index is -0.263. The summed E-state index contributed by atoms with van der Waals surface area (Å²) in [7, 11) is 0. The highest BCUT2D eigenvalue weighted by molar-refractivity contribution is 5.75. The van der Waals surface area contributed by atoms with Gasteiger partial charge < -0.3 is 10.2 Å². The summed E-state index contributed by atoms with van der Waals surface area (Å²) in [5, 5.41) is 2.87. The van der Waals surface area contributed by atoms with E-state index in [9.17, 15) is 9.18 Å². The van der Waals surface area contributed by atoms with Crippen molar-refractivity contribution in [3.63, 3.8) is 0 Å². The molecule has 1 unspecified atom stereocenters. The maximum atomic E-state index is 12.9. The third-order valence-electron chi connectivity index (χ3n) is 2.83. The molecule has 0 saturated carbocycles. The van der Waals surface area contributed by atoms with E-state index in [4.69, 9.17) is 0 Å². The Balaban J connectivity index is 2.81. The lowest BCUT2D eigenvalue weighted by Crippen LogP contribution is -2.44. The predicted molar refractivity (Wildman–Crippen MR) is 70.9 cm³/mol. The zero-order valence-corrected chi connectivity index (χ0v) is 11.4. The molecule has 0 aliphatic rings. The van der Waals surface area contributed by atoms with Crippen LogP contribution in [0.1, 0.15) is 39.3 Å². The summed E-state index contributed by atoms with van der Waals surface area (Å²) in [5.74, 6) is -0.263. The number of urea groups is 1. The topological polar surface area (TPSA) is 32.3 Å². The maximum Gasteiger partial charge on any atom is 0.318 e. The zero-order chi connectivity index (χ0) is 13.7. The molecule has 0 aliphatic carbocycles. The van der Waals surface area contributed by atoms with Crippen LogP contribution in [0.3, 0.4) is 0 Å². The normalized spacial score (nSPS) is 12.3. The van der Waals surface area contributed by atoms with E-state index in [1.807, 2.05) is 27.7 Å². The summed E-state index contributed by atoms with van der Waals surface area (Å²) >= 11 is 0. The summed E-state index contributed by atoms with van der Waals surface area (Å²) in [6, 6.07) is 6.20. The van der Waals surface area contributed by atoms with Crippen LogP contribution in [0.4, 0.5) is 9.18 Å². The van der Waals surface area contributed by atoms with Crippen molar-refractivity contribution in [3.05, 3.63) is 35.6 Å². The number of hydrogen-bond donors (Lipinski definition) is 1. The second-order valence-corrected chi connectivity index (χ2v) is 4.62. The molecule has 0 bridgehead atoms. The van der Waals surface area contributed by atoms with Crippen LogP contribution in [0.25, 0.3) is 0 Å². The fourth-order valence-corrected chi connectivity index (χ4v) is 1.84. The van der Waals surface area contributed by atoms with Gasteiger partial charge in [-0.15, -0.1) is 0 Å². The molecule has 18 heavy (non-hydrogen) atoms. The highest BCUT2D eigenvalue weighted by Gasteiger charge is 2.20. The lowest BCUT2D eigenvalue weighted by molar-refractivity contribution is 0.180. The molecule has 0 aliphatic heterocycles. The van der Waals surface area contributed by atoms with Gasteiger partial charge in [-0.3, -0.25) is 0 Å². The van der Waals surface area contributed by atoms with Crippen LogP contribution in [-0.4, -0.2) is 23.5 Å². The highest BCUT2D eigenvalue weighted by Crippen LogP contribution is 2.20. The minimum Gasteiger partial charge on any atom is -0.336 e. The van der Waals surface area contributed by atoms with Gasteiger partial charge in [0.2, 0.25) is 0 Å². The molecule has 0 radical (unpaired) electrons. The van der Waals surface area contributed by atoms with Crippen molar-refractivity contribution >= 4 is 6.03 Å². The zero-order valence-electron chi connectivity index (χ0n) is 11.4. The summed E-state index contributed by atoms with van der Waals surface area (Å²) in [4.78, 5) is 13.7. The second kappa shape index (κ2) is 6.38. The van der Waals surface area contributed by atoms with Gasteiger partial charge in [0, 0.05) is 12.6 Å². The summed E-state index contributed by atoms with van der Waals surface area (Å²) in [5.41, 5.74) is 0.928. The Hall–Kier alpha value is -1.58. The molecule has 0 fully saturated rings. The van der Waals surface area contributed by atoms with Crippen LogP contribution >= 0.6 is 0 Å². The second-order valence-electron chi connectivity index (χ2n) is 4.62. The van der Waals surface area contributed by atoms with Gasteiger partial charge in [-0.05, 0) is 45.4 Å². The van der Waals surface area contributed by atoms with Gasteiger partial charge in [0.25, 0.3) is 0 Å². The fourth-order valence-electron chi connectivity index (χ4n) is 1.84. The van der Waals surface area contributed by atoms with E-state index in [-0.39, 0.29) is 23.9 Å². The molecule has 0 heterocycles. The van der Waals surface area contributed by atoms with Crippen molar-refractivity contribution in [1.29, 1.82) is 0 Å². The van der Waals surface area contributed by atoms with E-state index in [1.54, 1.807) is 17.0 Å². The van der Waals surface area contributed by atoms with Crippen molar-refractivity contribution in [1.82, 2.24) is 10.2 Å². The summed E-state index contributed by atoms with van der Waals surface area (Å²) < 4.78 is 12.9. The van der Waals surface area contributed by atoms with Gasteiger partial charge in [-0.1, -0.05) is 12.1 Å². The molecule has 1 aromatic carbocycles. The first-order chi connectivity index (χ1) is 8.45. The van der Waals surface area contributed by atoms with E-state index in [2.05, 4.69) is 5.32 Å². The van der Waals surface area contributed by atoms with Gasteiger partial charge >= 0.3 is 6.03 Å². The number of benzene rings is 1. The SMILES string of the molecule is CCN(C(=O)NC(C)C)C(C)c1ccc(F)cc1. The average Bonchev–Trinajstić information content (AvgIpc) is 2.29. The van der Waals surface area contributed by atoms with E-state index in [0.717, 1.165) is 5.56 Å². The van der Waals surface area contributed by atoms with Crippen LogP contribution in [0.2, 0.25) is 0 Å². The average molecular weight is 252 g/mol. The molecule has 2 amide bonds. The van der Waals surface area contributed by atoms with E-state index in [0.29, 0.717) is 6.54 Å². The monoisotopic (exact) mass is 252 g/mol. The predicted octanol–water partition coefficient (Wildman–Crippen LogP) is 3.33. The van der Waals surface area contributed by atoms with Crippen molar-refractivity contribution in [2.24, 2.45) is 0 Å². The van der Waals surface area contributed by atoms with Crippen molar-refractivity contribution in [3.8, 4) is 0 Å². The van der Waals surface area contributed by atoms with Crippen molar-refractivity contribution < 1.29 is 9.18 Å². The molecule has 100 valence electrons. The molecule has 1 N–H and O–H groups in total. The molecule has 0 spiro atoms. The van der Waals surface area contributed by atoms with Gasteiger partial charge in [-0.25, -0.2) is 9.18 Å². The van der Waals surface area contributed by atoms with Crippen LogP contribution in [-0.2, 0) is 0 Å². The summed E-state index contributed by atoms with van der Waals surface area (Å²) in [6.07, 6.45) is 0. The fraction of sp³-hybridized carbons (Fsp3) is 0.500. The third kappa shape index (κ3) is 3.72. The van der Waals surface area contributed by atoms with Gasteiger partial charge in [-0.2, -0.15) is 0 Å². The Morgan fingerprint density at radius 3 is 2.28 bits per heavy atom. The molecule has 1 rings (SSSR count). The van der Waals surface area contributed by atoms with Gasteiger partial charge in [0.05, 0.1) is 6.04 Å². The molecular weight excluding hydrogens is 231 g/mol. The lowest BCUT2D eigenvalue weighted by Gasteiger charge is -2.29. The number of nitrogens with zero attached hydrogens (tertiary/aromatic N) is 1. The first kappa shape index (κ1) is 14.5. The maximum absolute atomic E-state index is 12.9. The molecule has 0 aromatic heterocycles. The smallest absolute Gasteiger partial charge is 0.318 e. The number of halogens is 1. The molecule has 1 atom stereocenters. The molecule has 0 saturated heterocycles. The molecule has 4 heteroatoms. The molecule has 1 aromatic rings. The van der Waals surface area contributed by atoms with Crippen molar-refractivity contribution in [2.45, 2.75) is 39.8 Å². The standard InChI is InChI=1S/C14H21FN2O/c1-5-17(14(18)16-10(2)3)11(4)12-6-8-13(15)9-7-12/h6-11H,5H2,1-4H3,(H,16,18). The summed E-state index contributed by atoms with van der Waals surface area (Å²) in [6.45, 7) is 8.33. The Morgan fingerprint density at radius 2 is 1.83 bits per heavy atom. The lowest BCUT2D eigenvalue weighted by atomic mass is 10.1. The number of carbonyl (C=O) groups excluding carboxylic acids is 1. The first-order valence-corrected chi connectivity index (χ1v) is 6.28. The Morgan fingerprint density at radius 1 is 1.28 bits per heavy atom. The van der Waals surface area contributed by atoms with Crippen molar-refractivity contribution in [2.75, 3.05) is 6.54 Å². The third-order valence-corrected chi connectivity index (χ3v) is 2.83. The Kier molecular flexibility index (Phi) is 5.13. The number of nitrogens with one attached hydrogen (secondary N) is 1. The quantitative estimate of drug-likeness (QED) is 0.876. The van der Waals surface area contributed by atoms with E-state index >= 15 is 0 Å². The van der Waals surface area contributed by atoms with Crippen LogP contribution in [0.5, 0.6) is 0 Å². The van der Waals surface area contributed by atoms with Crippen LogP contribution < -0.4 is 5.32 Å². The van der Waals surface area contributed by atoms with Gasteiger partial charge in [0.15, 0.2) is 0 Å². The van der Waals surface area contributed by atoms with E-state index < -0.39 is 0 Å². The molecule has 3 nitrogen and oxygen atoms in total. The number of amides is 2. The minimum absolute atomic E-state index is 0.0747. The first-order valence-electron chi connectivity index (χ1n) is 6.28. The molecular formula is C14H21FN2O. The van der Waals surface area contributed by atoms with Crippen LogP contribution in [0.15, 0.2) is 24.3 Å². The number of rotatable bonds is 4.